The highest BCUT2D eigenvalue weighted by Crippen LogP contribution is 2.25. The van der Waals surface area contributed by atoms with Crippen molar-refractivity contribution in [1.82, 2.24) is 10.3 Å². The van der Waals surface area contributed by atoms with Gasteiger partial charge in [0.25, 0.3) is 0 Å². The van der Waals surface area contributed by atoms with Crippen molar-refractivity contribution in [1.29, 1.82) is 0 Å². The topological polar surface area (TPSA) is 75.3 Å². The average Bonchev–Trinajstić information content (AvgIpc) is 2.75. The van der Waals surface area contributed by atoms with E-state index in [1.165, 1.54) is 10.9 Å². The van der Waals surface area contributed by atoms with Crippen molar-refractivity contribution < 1.29 is 9.53 Å². The number of benzene rings is 2. The maximum absolute atomic E-state index is 12.3. The number of rotatable bonds is 5. The van der Waals surface area contributed by atoms with Crippen LogP contribution in [0.15, 0.2) is 54.6 Å². The van der Waals surface area contributed by atoms with Crippen LogP contribution in [0.4, 0.5) is 16.3 Å². The van der Waals surface area contributed by atoms with E-state index in [1.54, 1.807) is 13.2 Å². The Bertz CT molecular complexity index is 1030. The minimum atomic E-state index is -0.175. The molecule has 0 spiro atoms. The number of nitrogens with zero attached hydrogens (tertiary/aromatic N) is 1. The Morgan fingerprint density at radius 3 is 2.57 bits per heavy atom. The van der Waals surface area contributed by atoms with Crippen LogP contribution in [0.2, 0.25) is 0 Å². The fourth-order valence-corrected chi connectivity index (χ4v) is 4.07. The van der Waals surface area contributed by atoms with Crippen molar-refractivity contribution in [3.8, 4) is 5.75 Å². The van der Waals surface area contributed by atoms with Crippen LogP contribution in [0.25, 0.3) is 10.9 Å². The number of carbonyl (C=O) groups is 1. The second-order valence-corrected chi connectivity index (χ2v) is 7.86. The molecule has 0 aliphatic heterocycles. The molecule has 1 heterocycles. The summed E-state index contributed by atoms with van der Waals surface area (Å²) in [4.78, 5) is 17.1. The lowest BCUT2D eigenvalue weighted by molar-refractivity contribution is 0.243. The van der Waals surface area contributed by atoms with Crippen molar-refractivity contribution in [2.75, 3.05) is 17.7 Å². The molecule has 0 bridgehead atoms. The highest BCUT2D eigenvalue weighted by atomic mass is 16.5. The van der Waals surface area contributed by atoms with Crippen LogP contribution in [-0.2, 0) is 0 Å². The first-order chi connectivity index (χ1) is 14.6. The number of methoxy groups -OCH3 is 1. The monoisotopic (exact) mass is 404 g/mol. The van der Waals surface area contributed by atoms with Crippen molar-refractivity contribution in [2.24, 2.45) is 0 Å². The van der Waals surface area contributed by atoms with Crippen LogP contribution in [0.5, 0.6) is 5.75 Å². The number of para-hydroxylation sites is 1. The maximum Gasteiger partial charge on any atom is 0.319 e. The zero-order valence-corrected chi connectivity index (χ0v) is 17.4. The lowest BCUT2D eigenvalue weighted by Crippen LogP contribution is -2.42. The predicted octanol–water partition coefficient (Wildman–Crippen LogP) is 5.10. The largest absolute Gasteiger partial charge is 0.497 e. The smallest absolute Gasteiger partial charge is 0.319 e. The molecule has 30 heavy (non-hydrogen) atoms. The lowest BCUT2D eigenvalue weighted by Gasteiger charge is -2.30. The maximum atomic E-state index is 12.3. The van der Waals surface area contributed by atoms with Gasteiger partial charge in [0.15, 0.2) is 0 Å². The molecule has 4 rings (SSSR count). The van der Waals surface area contributed by atoms with Gasteiger partial charge in [-0.3, -0.25) is 0 Å². The Kier molecular flexibility index (Phi) is 6.02. The number of carbonyl (C=O) groups excluding carboxylic acids is 1. The molecular formula is C24H28N4O2. The third-order valence-electron chi connectivity index (χ3n) is 5.67. The first-order valence-electron chi connectivity index (χ1n) is 10.5. The van der Waals surface area contributed by atoms with E-state index in [0.717, 1.165) is 48.5 Å². The first-order valence-corrected chi connectivity index (χ1v) is 10.5. The zero-order chi connectivity index (χ0) is 20.9. The van der Waals surface area contributed by atoms with E-state index in [-0.39, 0.29) is 12.1 Å². The van der Waals surface area contributed by atoms with E-state index < -0.39 is 0 Å². The quantitative estimate of drug-likeness (QED) is 0.553. The van der Waals surface area contributed by atoms with Gasteiger partial charge in [-0.2, -0.15) is 0 Å². The van der Waals surface area contributed by atoms with E-state index in [4.69, 9.17) is 9.72 Å². The van der Waals surface area contributed by atoms with E-state index >= 15 is 0 Å². The molecule has 1 fully saturated rings. The Hall–Kier alpha value is -3.28. The number of urea groups is 1. The predicted molar refractivity (Wildman–Crippen MR) is 121 cm³/mol. The Morgan fingerprint density at radius 1 is 1.00 bits per heavy atom. The highest BCUT2D eigenvalue weighted by molar-refractivity contribution is 5.89. The van der Waals surface area contributed by atoms with Gasteiger partial charge in [-0.15, -0.1) is 0 Å². The molecule has 1 aliphatic carbocycles. The van der Waals surface area contributed by atoms with E-state index in [9.17, 15) is 4.79 Å². The number of aryl methyl sites for hydroxylation is 1. The molecule has 2 aromatic carbocycles. The Labute approximate surface area is 177 Å². The number of nitrogens with one attached hydrogen (secondary N) is 3. The van der Waals surface area contributed by atoms with Crippen LogP contribution in [0.3, 0.4) is 0 Å². The summed E-state index contributed by atoms with van der Waals surface area (Å²) in [6, 6.07) is 18.1. The van der Waals surface area contributed by atoms with Crippen molar-refractivity contribution >= 4 is 28.4 Å². The first kappa shape index (κ1) is 20.0. The molecule has 6 nitrogen and oxygen atoms in total. The number of ether oxygens (including phenoxy) is 1. The summed E-state index contributed by atoms with van der Waals surface area (Å²) in [6.45, 7) is 2.12. The van der Waals surface area contributed by atoms with Gasteiger partial charge in [-0.25, -0.2) is 9.78 Å². The fraction of sp³-hybridized carbons (Fsp3) is 0.333. The molecule has 0 atom stereocenters. The lowest BCUT2D eigenvalue weighted by atomic mass is 9.91. The summed E-state index contributed by atoms with van der Waals surface area (Å²) in [6.07, 6.45) is 3.88. The van der Waals surface area contributed by atoms with E-state index in [1.807, 2.05) is 30.3 Å². The second-order valence-electron chi connectivity index (χ2n) is 7.86. The van der Waals surface area contributed by atoms with E-state index in [0.29, 0.717) is 6.04 Å². The number of fused-ring (bicyclic) bond motifs is 1. The van der Waals surface area contributed by atoms with Gasteiger partial charge in [-0.1, -0.05) is 24.3 Å². The molecule has 156 valence electrons. The fourth-order valence-electron chi connectivity index (χ4n) is 4.07. The normalized spacial score (nSPS) is 18.6. The van der Waals surface area contributed by atoms with Crippen LogP contribution in [0.1, 0.15) is 31.2 Å². The molecule has 6 heteroatoms. The molecule has 1 aromatic heterocycles. The molecule has 3 N–H and O–H groups in total. The number of pyridine rings is 1. The summed E-state index contributed by atoms with van der Waals surface area (Å²) in [5.74, 6) is 1.65. The van der Waals surface area contributed by atoms with Crippen LogP contribution < -0.4 is 20.7 Å². The summed E-state index contributed by atoms with van der Waals surface area (Å²) in [5.41, 5.74) is 2.97. The van der Waals surface area contributed by atoms with Gasteiger partial charge in [0.1, 0.15) is 11.6 Å². The third-order valence-corrected chi connectivity index (χ3v) is 5.67. The number of aromatic nitrogens is 1. The number of hydrogen-bond donors (Lipinski definition) is 3. The van der Waals surface area contributed by atoms with E-state index in [2.05, 4.69) is 41.1 Å². The molecule has 0 radical (unpaired) electrons. The van der Waals surface area contributed by atoms with Crippen molar-refractivity contribution in [3.63, 3.8) is 0 Å². The SMILES string of the molecule is COc1cccc(NC(=O)NC2CCC(Nc3cc(C)c4ccccc4n3)CC2)c1. The van der Waals surface area contributed by atoms with Crippen LogP contribution in [-0.4, -0.2) is 30.2 Å². The summed E-state index contributed by atoms with van der Waals surface area (Å²) in [5, 5.41) is 10.8. The van der Waals surface area contributed by atoms with Gasteiger partial charge in [0.05, 0.1) is 12.6 Å². The number of anilines is 2. The highest BCUT2D eigenvalue weighted by Gasteiger charge is 2.23. The Morgan fingerprint density at radius 2 is 1.77 bits per heavy atom. The van der Waals surface area contributed by atoms with Gasteiger partial charge in [0, 0.05) is 29.2 Å². The Balaban J connectivity index is 1.28. The minimum absolute atomic E-state index is 0.175. The number of amides is 2. The molecule has 1 aliphatic rings. The summed E-state index contributed by atoms with van der Waals surface area (Å²) >= 11 is 0. The van der Waals surface area contributed by atoms with Gasteiger partial charge < -0.3 is 20.7 Å². The molecule has 0 unspecified atom stereocenters. The number of hydrogen-bond acceptors (Lipinski definition) is 4. The van der Waals surface area contributed by atoms with Crippen LogP contribution in [0, 0.1) is 6.92 Å². The van der Waals surface area contributed by atoms with Gasteiger partial charge >= 0.3 is 6.03 Å². The van der Waals surface area contributed by atoms with Gasteiger partial charge in [0.2, 0.25) is 0 Å². The van der Waals surface area contributed by atoms with Crippen LogP contribution >= 0.6 is 0 Å². The van der Waals surface area contributed by atoms with Gasteiger partial charge in [-0.05, 0) is 62.4 Å². The third kappa shape index (κ3) is 4.82. The summed E-state index contributed by atoms with van der Waals surface area (Å²) in [7, 11) is 1.61. The molecule has 2 amide bonds. The summed E-state index contributed by atoms with van der Waals surface area (Å²) < 4.78 is 5.19. The standard InChI is InChI=1S/C24H28N4O2/c1-16-14-23(28-22-9-4-3-8-21(16)22)25-17-10-12-18(13-11-17)26-24(29)27-19-6-5-7-20(15-19)30-2/h3-9,14-15,17-18H,10-13H2,1-2H3,(H,25,28)(H2,26,27,29). The minimum Gasteiger partial charge on any atom is -0.497 e. The molecule has 3 aromatic rings. The average molecular weight is 405 g/mol. The second kappa shape index (κ2) is 9.03. The molecule has 0 saturated heterocycles. The van der Waals surface area contributed by atoms with Crippen molar-refractivity contribution in [3.05, 3.63) is 60.2 Å². The molecule has 1 saturated carbocycles. The molecular weight excluding hydrogens is 376 g/mol. The van der Waals surface area contributed by atoms with Crippen molar-refractivity contribution in [2.45, 2.75) is 44.7 Å². The zero-order valence-electron chi connectivity index (χ0n) is 17.4.